The predicted molar refractivity (Wildman–Crippen MR) is 69.8 cm³/mol. The van der Waals surface area contributed by atoms with Crippen molar-refractivity contribution in [1.82, 2.24) is 10.2 Å². The van der Waals surface area contributed by atoms with Crippen molar-refractivity contribution in [2.24, 2.45) is 11.8 Å². The van der Waals surface area contributed by atoms with E-state index in [4.69, 9.17) is 0 Å². The second-order valence-corrected chi connectivity index (χ2v) is 5.55. The fraction of sp³-hybridized carbons (Fsp3) is 0.929. The normalized spacial score (nSPS) is 22.9. The van der Waals surface area contributed by atoms with Gasteiger partial charge in [-0.2, -0.15) is 0 Å². The molecule has 2 fully saturated rings. The maximum Gasteiger partial charge on any atom is 0.225 e. The van der Waals surface area contributed by atoms with Crippen LogP contribution in [-0.4, -0.2) is 37.0 Å². The highest BCUT2D eigenvalue weighted by atomic mass is 16.2. The number of amides is 1. The minimum atomic E-state index is 0.344. The van der Waals surface area contributed by atoms with Gasteiger partial charge in [-0.15, -0.1) is 0 Å². The van der Waals surface area contributed by atoms with E-state index in [2.05, 4.69) is 17.1 Å². The first-order valence-corrected chi connectivity index (χ1v) is 7.30. The Bertz CT molecular complexity index is 243. The van der Waals surface area contributed by atoms with Gasteiger partial charge in [0.25, 0.3) is 0 Å². The van der Waals surface area contributed by atoms with Crippen LogP contribution in [0.25, 0.3) is 0 Å². The monoisotopic (exact) mass is 238 g/mol. The van der Waals surface area contributed by atoms with E-state index < -0.39 is 0 Å². The molecule has 0 atom stereocenters. The minimum Gasteiger partial charge on any atom is -0.342 e. The van der Waals surface area contributed by atoms with Crippen LogP contribution in [0.5, 0.6) is 0 Å². The molecule has 1 aliphatic carbocycles. The number of carbonyl (C=O) groups is 1. The molecule has 98 valence electrons. The number of piperidine rings is 1. The second kappa shape index (κ2) is 6.39. The zero-order valence-corrected chi connectivity index (χ0v) is 11.1. The highest BCUT2D eigenvalue weighted by Gasteiger charge is 2.28. The van der Waals surface area contributed by atoms with Crippen LogP contribution in [-0.2, 0) is 4.79 Å². The Morgan fingerprint density at radius 3 is 2.41 bits per heavy atom. The Kier molecular flexibility index (Phi) is 4.84. The summed E-state index contributed by atoms with van der Waals surface area (Å²) in [6.45, 7) is 6.25. The van der Waals surface area contributed by atoms with Crippen molar-refractivity contribution < 1.29 is 4.79 Å². The Balaban J connectivity index is 1.83. The molecule has 17 heavy (non-hydrogen) atoms. The topological polar surface area (TPSA) is 32.3 Å². The van der Waals surface area contributed by atoms with Crippen LogP contribution in [0.15, 0.2) is 0 Å². The highest BCUT2D eigenvalue weighted by molar-refractivity contribution is 5.79. The molecule has 1 amide bonds. The zero-order chi connectivity index (χ0) is 12.1. The lowest BCUT2D eigenvalue weighted by Gasteiger charge is -2.31. The van der Waals surface area contributed by atoms with Crippen LogP contribution in [0.4, 0.5) is 0 Å². The Morgan fingerprint density at radius 2 is 1.82 bits per heavy atom. The number of rotatable bonds is 4. The molecule has 1 saturated carbocycles. The Morgan fingerprint density at radius 1 is 1.18 bits per heavy atom. The number of hydrogen-bond donors (Lipinski definition) is 1. The molecule has 2 rings (SSSR count). The van der Waals surface area contributed by atoms with E-state index in [1.54, 1.807) is 0 Å². The maximum atomic E-state index is 12.4. The van der Waals surface area contributed by atoms with Crippen LogP contribution < -0.4 is 5.32 Å². The second-order valence-electron chi connectivity index (χ2n) is 5.55. The molecular formula is C14H26N2O. The van der Waals surface area contributed by atoms with E-state index in [1.807, 2.05) is 0 Å². The molecule has 1 heterocycles. The third-order valence-corrected chi connectivity index (χ3v) is 4.34. The third-order valence-electron chi connectivity index (χ3n) is 4.34. The quantitative estimate of drug-likeness (QED) is 0.812. The van der Waals surface area contributed by atoms with Crippen LogP contribution >= 0.6 is 0 Å². The van der Waals surface area contributed by atoms with E-state index in [1.165, 1.54) is 25.7 Å². The number of hydrogen-bond acceptors (Lipinski definition) is 2. The van der Waals surface area contributed by atoms with Crippen molar-refractivity contribution in [2.75, 3.05) is 26.2 Å². The first-order chi connectivity index (χ1) is 8.31. The summed E-state index contributed by atoms with van der Waals surface area (Å²) in [6.07, 6.45) is 7.22. The summed E-state index contributed by atoms with van der Waals surface area (Å²) in [5.74, 6) is 1.50. The van der Waals surface area contributed by atoms with Gasteiger partial charge in [0.1, 0.15) is 0 Å². The zero-order valence-electron chi connectivity index (χ0n) is 11.1. The van der Waals surface area contributed by atoms with Gasteiger partial charge in [-0.1, -0.05) is 12.8 Å². The largest absolute Gasteiger partial charge is 0.342 e. The van der Waals surface area contributed by atoms with Gasteiger partial charge in [-0.05, 0) is 51.6 Å². The smallest absolute Gasteiger partial charge is 0.225 e. The Labute approximate surface area is 105 Å². The standard InChI is InChI=1S/C14H26N2O/c1-2-16(11-12-7-9-15-10-8-12)14(17)13-5-3-4-6-13/h12-13,15H,2-11H2,1H3. The summed E-state index contributed by atoms with van der Waals surface area (Å²) in [6, 6.07) is 0. The van der Waals surface area contributed by atoms with E-state index in [0.29, 0.717) is 11.8 Å². The van der Waals surface area contributed by atoms with E-state index in [9.17, 15) is 4.79 Å². The van der Waals surface area contributed by atoms with Crippen molar-refractivity contribution in [3.63, 3.8) is 0 Å². The fourth-order valence-corrected chi connectivity index (χ4v) is 3.18. The van der Waals surface area contributed by atoms with Gasteiger partial charge in [-0.3, -0.25) is 4.79 Å². The summed E-state index contributed by atoms with van der Waals surface area (Å²) in [4.78, 5) is 14.5. The molecule has 3 heteroatoms. The molecule has 1 aliphatic heterocycles. The number of nitrogens with zero attached hydrogens (tertiary/aromatic N) is 1. The molecule has 0 aromatic carbocycles. The lowest BCUT2D eigenvalue weighted by atomic mass is 9.96. The molecular weight excluding hydrogens is 212 g/mol. The number of carbonyl (C=O) groups excluding carboxylic acids is 1. The van der Waals surface area contributed by atoms with Crippen LogP contribution in [0.2, 0.25) is 0 Å². The van der Waals surface area contributed by atoms with Gasteiger partial charge in [0, 0.05) is 19.0 Å². The molecule has 0 spiro atoms. The van der Waals surface area contributed by atoms with Gasteiger partial charge in [0.2, 0.25) is 5.91 Å². The average Bonchev–Trinajstić information content (AvgIpc) is 2.90. The molecule has 1 N–H and O–H groups in total. The van der Waals surface area contributed by atoms with Crippen LogP contribution in [0.1, 0.15) is 45.4 Å². The van der Waals surface area contributed by atoms with E-state index >= 15 is 0 Å². The SMILES string of the molecule is CCN(CC1CCNCC1)C(=O)C1CCCC1. The van der Waals surface area contributed by atoms with Crippen LogP contribution in [0, 0.1) is 11.8 Å². The van der Waals surface area contributed by atoms with Gasteiger partial charge >= 0.3 is 0 Å². The number of nitrogens with one attached hydrogen (secondary N) is 1. The van der Waals surface area contributed by atoms with Crippen LogP contribution in [0.3, 0.4) is 0 Å². The van der Waals surface area contributed by atoms with Gasteiger partial charge < -0.3 is 10.2 Å². The summed E-state index contributed by atoms with van der Waals surface area (Å²) in [5.41, 5.74) is 0. The lowest BCUT2D eigenvalue weighted by molar-refractivity contribution is -0.135. The minimum absolute atomic E-state index is 0.344. The molecule has 2 aliphatic rings. The van der Waals surface area contributed by atoms with Gasteiger partial charge in [0.05, 0.1) is 0 Å². The predicted octanol–water partition coefficient (Wildman–Crippen LogP) is 2.02. The first kappa shape index (κ1) is 12.9. The molecule has 3 nitrogen and oxygen atoms in total. The van der Waals surface area contributed by atoms with Crippen molar-refractivity contribution >= 4 is 5.91 Å². The highest BCUT2D eigenvalue weighted by Crippen LogP contribution is 2.27. The maximum absolute atomic E-state index is 12.4. The summed E-state index contributed by atoms with van der Waals surface area (Å²) >= 11 is 0. The third kappa shape index (κ3) is 3.44. The molecule has 0 unspecified atom stereocenters. The Hall–Kier alpha value is -0.570. The van der Waals surface area contributed by atoms with Gasteiger partial charge in [0.15, 0.2) is 0 Å². The van der Waals surface area contributed by atoms with E-state index in [-0.39, 0.29) is 0 Å². The van der Waals surface area contributed by atoms with Crippen molar-refractivity contribution in [3.8, 4) is 0 Å². The van der Waals surface area contributed by atoms with Gasteiger partial charge in [-0.25, -0.2) is 0 Å². The molecule has 0 radical (unpaired) electrons. The van der Waals surface area contributed by atoms with Crippen molar-refractivity contribution in [1.29, 1.82) is 0 Å². The molecule has 0 aromatic rings. The molecule has 0 bridgehead atoms. The summed E-state index contributed by atoms with van der Waals surface area (Å²) < 4.78 is 0. The first-order valence-electron chi connectivity index (χ1n) is 7.30. The summed E-state index contributed by atoms with van der Waals surface area (Å²) in [5, 5.41) is 3.39. The molecule has 0 aromatic heterocycles. The fourth-order valence-electron chi connectivity index (χ4n) is 3.18. The lowest BCUT2D eigenvalue weighted by Crippen LogP contribution is -2.41. The van der Waals surface area contributed by atoms with Crippen molar-refractivity contribution in [3.05, 3.63) is 0 Å². The molecule has 1 saturated heterocycles. The van der Waals surface area contributed by atoms with Crippen molar-refractivity contribution in [2.45, 2.75) is 45.4 Å². The van der Waals surface area contributed by atoms with E-state index in [0.717, 1.165) is 44.9 Å². The average molecular weight is 238 g/mol. The summed E-state index contributed by atoms with van der Waals surface area (Å²) in [7, 11) is 0.